The number of nitrogens with one attached hydrogen (secondary N) is 1. The molecule has 3 rings (SSSR count). The van der Waals surface area contributed by atoms with Crippen LogP contribution in [0.4, 0.5) is 5.69 Å². The summed E-state index contributed by atoms with van der Waals surface area (Å²) in [7, 11) is -3.60. The Morgan fingerprint density at radius 1 is 0.850 bits per heavy atom. The van der Waals surface area contributed by atoms with Gasteiger partial charge in [0.05, 0.1) is 23.0 Å². The van der Waals surface area contributed by atoms with Crippen LogP contribution in [0.15, 0.2) is 65.8 Å². The lowest BCUT2D eigenvalue weighted by Crippen LogP contribution is -2.13. The minimum atomic E-state index is -3.60. The van der Waals surface area contributed by atoms with Gasteiger partial charge in [-0.15, -0.1) is 0 Å². The van der Waals surface area contributed by atoms with Crippen molar-refractivity contribution >= 4 is 26.5 Å². The highest BCUT2D eigenvalue weighted by Gasteiger charge is 2.14. The number of hydrogen-bond acceptors (Lipinski definition) is 4. The molecule has 0 bridgehead atoms. The molecule has 0 saturated heterocycles. The Morgan fingerprint density at radius 2 is 1.60 bits per heavy atom. The zero-order valence-electron chi connectivity index (χ0n) is 10.4. The van der Waals surface area contributed by atoms with Gasteiger partial charge in [0.15, 0.2) is 0 Å². The Balaban J connectivity index is 2.06. The molecule has 1 N–H and O–H groups in total. The third-order valence-corrected chi connectivity index (χ3v) is 4.27. The standard InChI is InChI=1S/C14H11N3O2S/c18-20(19,12-6-2-1-3-7-12)17-14-8-4-5-11-9-15-16-10-13(11)14/h1-10,17H. The van der Waals surface area contributed by atoms with Gasteiger partial charge in [-0.25, -0.2) is 8.42 Å². The van der Waals surface area contributed by atoms with Crippen molar-refractivity contribution in [2.75, 3.05) is 4.72 Å². The second-order valence-corrected chi connectivity index (χ2v) is 5.90. The zero-order valence-corrected chi connectivity index (χ0v) is 11.2. The van der Waals surface area contributed by atoms with E-state index in [-0.39, 0.29) is 4.90 Å². The maximum absolute atomic E-state index is 12.3. The lowest BCUT2D eigenvalue weighted by atomic mass is 10.2. The summed E-state index contributed by atoms with van der Waals surface area (Å²) in [6.07, 6.45) is 3.13. The summed E-state index contributed by atoms with van der Waals surface area (Å²) in [5.41, 5.74) is 0.487. The number of hydrogen-bond donors (Lipinski definition) is 1. The van der Waals surface area contributed by atoms with Crippen LogP contribution in [0.2, 0.25) is 0 Å². The Bertz CT molecular complexity index is 843. The van der Waals surface area contributed by atoms with Crippen molar-refractivity contribution in [1.82, 2.24) is 10.2 Å². The minimum Gasteiger partial charge on any atom is -0.279 e. The predicted molar refractivity (Wildman–Crippen MR) is 76.8 cm³/mol. The lowest BCUT2D eigenvalue weighted by Gasteiger charge is -2.10. The van der Waals surface area contributed by atoms with Crippen LogP contribution >= 0.6 is 0 Å². The van der Waals surface area contributed by atoms with Gasteiger partial charge < -0.3 is 0 Å². The molecule has 1 aromatic heterocycles. The first-order valence-electron chi connectivity index (χ1n) is 5.94. The van der Waals surface area contributed by atoms with Gasteiger partial charge in [0.1, 0.15) is 0 Å². The van der Waals surface area contributed by atoms with Crippen LogP contribution in [-0.2, 0) is 10.0 Å². The summed E-state index contributed by atoms with van der Waals surface area (Å²) in [6.45, 7) is 0. The summed E-state index contributed by atoms with van der Waals surface area (Å²) >= 11 is 0. The number of benzene rings is 2. The maximum Gasteiger partial charge on any atom is 0.261 e. The quantitative estimate of drug-likeness (QED) is 0.802. The number of sulfonamides is 1. The molecule has 0 amide bonds. The first-order chi connectivity index (χ1) is 9.67. The summed E-state index contributed by atoms with van der Waals surface area (Å²) in [5.74, 6) is 0. The molecule has 1 heterocycles. The molecule has 100 valence electrons. The average Bonchev–Trinajstić information content (AvgIpc) is 2.48. The highest BCUT2D eigenvalue weighted by molar-refractivity contribution is 7.92. The fourth-order valence-electron chi connectivity index (χ4n) is 1.92. The van der Waals surface area contributed by atoms with E-state index in [1.54, 1.807) is 48.7 Å². The van der Waals surface area contributed by atoms with Gasteiger partial charge in [-0.1, -0.05) is 30.3 Å². The van der Waals surface area contributed by atoms with Crippen molar-refractivity contribution < 1.29 is 8.42 Å². The predicted octanol–water partition coefficient (Wildman–Crippen LogP) is 2.43. The van der Waals surface area contributed by atoms with E-state index in [0.29, 0.717) is 11.1 Å². The lowest BCUT2D eigenvalue weighted by molar-refractivity contribution is 0.601. The van der Waals surface area contributed by atoms with Crippen LogP contribution in [-0.4, -0.2) is 18.6 Å². The third-order valence-electron chi connectivity index (χ3n) is 2.89. The molecule has 2 aromatic carbocycles. The normalized spacial score (nSPS) is 11.4. The highest BCUT2D eigenvalue weighted by Crippen LogP contribution is 2.24. The van der Waals surface area contributed by atoms with Crippen LogP contribution in [0.25, 0.3) is 10.8 Å². The van der Waals surface area contributed by atoms with Gasteiger partial charge in [-0.05, 0) is 18.2 Å². The second kappa shape index (κ2) is 4.90. The Hall–Kier alpha value is -2.47. The molecule has 0 radical (unpaired) electrons. The van der Waals surface area contributed by atoms with E-state index in [9.17, 15) is 8.42 Å². The van der Waals surface area contributed by atoms with Gasteiger partial charge in [-0.3, -0.25) is 4.72 Å². The van der Waals surface area contributed by atoms with E-state index in [2.05, 4.69) is 14.9 Å². The molecule has 6 heteroatoms. The number of anilines is 1. The average molecular weight is 285 g/mol. The van der Waals surface area contributed by atoms with Crippen LogP contribution < -0.4 is 4.72 Å². The van der Waals surface area contributed by atoms with Gasteiger partial charge in [-0.2, -0.15) is 10.2 Å². The Kier molecular flexibility index (Phi) is 3.08. The van der Waals surface area contributed by atoms with Gasteiger partial charge in [0.25, 0.3) is 10.0 Å². The van der Waals surface area contributed by atoms with Crippen LogP contribution in [0, 0.1) is 0 Å². The number of aromatic nitrogens is 2. The van der Waals surface area contributed by atoms with Gasteiger partial charge in [0, 0.05) is 10.8 Å². The van der Waals surface area contributed by atoms with Gasteiger partial charge >= 0.3 is 0 Å². The molecule has 0 aliphatic carbocycles. The van der Waals surface area contributed by atoms with Crippen molar-refractivity contribution in [2.24, 2.45) is 0 Å². The summed E-state index contributed by atoms with van der Waals surface area (Å²) in [5, 5.41) is 9.11. The molecule has 0 spiro atoms. The number of fused-ring (bicyclic) bond motifs is 1. The molecule has 0 aliphatic rings. The third kappa shape index (κ3) is 2.33. The molecule has 5 nitrogen and oxygen atoms in total. The first kappa shape index (κ1) is 12.6. The van der Waals surface area contributed by atoms with Crippen LogP contribution in [0.5, 0.6) is 0 Å². The van der Waals surface area contributed by atoms with Crippen molar-refractivity contribution in [3.63, 3.8) is 0 Å². The van der Waals surface area contributed by atoms with Crippen molar-refractivity contribution in [1.29, 1.82) is 0 Å². The van der Waals surface area contributed by atoms with Crippen LogP contribution in [0.3, 0.4) is 0 Å². The largest absolute Gasteiger partial charge is 0.279 e. The van der Waals surface area contributed by atoms with E-state index >= 15 is 0 Å². The smallest absolute Gasteiger partial charge is 0.261 e. The van der Waals surface area contributed by atoms with E-state index in [1.807, 2.05) is 6.07 Å². The van der Waals surface area contributed by atoms with Crippen molar-refractivity contribution in [3.8, 4) is 0 Å². The molecule has 0 fully saturated rings. The van der Waals surface area contributed by atoms with E-state index in [4.69, 9.17) is 0 Å². The number of rotatable bonds is 3. The van der Waals surface area contributed by atoms with Crippen molar-refractivity contribution in [2.45, 2.75) is 4.90 Å². The van der Waals surface area contributed by atoms with Crippen LogP contribution in [0.1, 0.15) is 0 Å². The van der Waals surface area contributed by atoms with Gasteiger partial charge in [0.2, 0.25) is 0 Å². The molecular formula is C14H11N3O2S. The van der Waals surface area contributed by atoms with Crippen molar-refractivity contribution in [3.05, 3.63) is 60.9 Å². The molecule has 0 saturated carbocycles. The summed E-state index contributed by atoms with van der Waals surface area (Å²) in [6, 6.07) is 13.6. The molecular weight excluding hydrogens is 274 g/mol. The second-order valence-electron chi connectivity index (χ2n) is 4.22. The minimum absolute atomic E-state index is 0.221. The fourth-order valence-corrected chi connectivity index (χ4v) is 3.02. The Morgan fingerprint density at radius 3 is 2.40 bits per heavy atom. The summed E-state index contributed by atoms with van der Waals surface area (Å²) < 4.78 is 27.2. The Labute approximate surface area is 116 Å². The molecule has 3 aromatic rings. The SMILES string of the molecule is O=S(=O)(Nc1cccc2cnncc12)c1ccccc1. The topological polar surface area (TPSA) is 72.0 Å². The van der Waals surface area contributed by atoms with E-state index < -0.39 is 10.0 Å². The molecule has 0 unspecified atom stereocenters. The molecule has 20 heavy (non-hydrogen) atoms. The van der Waals surface area contributed by atoms with E-state index in [1.165, 1.54) is 6.20 Å². The zero-order chi connectivity index (χ0) is 14.0. The molecule has 0 atom stereocenters. The monoisotopic (exact) mass is 285 g/mol. The van der Waals surface area contributed by atoms with E-state index in [0.717, 1.165) is 5.39 Å². The molecule has 0 aliphatic heterocycles. The first-order valence-corrected chi connectivity index (χ1v) is 7.42. The maximum atomic E-state index is 12.3. The number of nitrogens with zero attached hydrogens (tertiary/aromatic N) is 2. The summed E-state index contributed by atoms with van der Waals surface area (Å²) in [4.78, 5) is 0.221. The highest BCUT2D eigenvalue weighted by atomic mass is 32.2. The fraction of sp³-hybridized carbons (Fsp3) is 0.